The Hall–Kier alpha value is -0.460. The maximum absolute atomic E-state index is 5.04. The van der Waals surface area contributed by atoms with Crippen molar-refractivity contribution in [1.82, 2.24) is 0 Å². The van der Waals surface area contributed by atoms with Crippen molar-refractivity contribution in [2.45, 2.75) is 26.7 Å². The van der Waals surface area contributed by atoms with Gasteiger partial charge < -0.3 is 4.74 Å². The number of hydrogen-bond acceptors (Lipinski definition) is 1. The number of rotatable bonds is 5. The average molecular weight is 128 g/mol. The SMILES string of the molecule is C=COCC(CC)CC. The van der Waals surface area contributed by atoms with Crippen LogP contribution in [0.4, 0.5) is 0 Å². The van der Waals surface area contributed by atoms with Gasteiger partial charge in [-0.2, -0.15) is 0 Å². The molecule has 0 atom stereocenters. The second-order valence-electron chi connectivity index (χ2n) is 2.18. The third-order valence-electron chi connectivity index (χ3n) is 1.60. The second kappa shape index (κ2) is 5.67. The quantitative estimate of drug-likeness (QED) is 0.517. The zero-order valence-corrected chi connectivity index (χ0v) is 6.39. The predicted molar refractivity (Wildman–Crippen MR) is 40.2 cm³/mol. The molecule has 0 aliphatic heterocycles. The van der Waals surface area contributed by atoms with E-state index in [1.165, 1.54) is 19.1 Å². The van der Waals surface area contributed by atoms with Gasteiger partial charge in [-0.1, -0.05) is 33.3 Å². The van der Waals surface area contributed by atoms with E-state index in [1.807, 2.05) is 0 Å². The highest BCUT2D eigenvalue weighted by Gasteiger charge is 2.00. The molecule has 0 aromatic rings. The highest BCUT2D eigenvalue weighted by molar-refractivity contribution is 4.56. The summed E-state index contributed by atoms with van der Waals surface area (Å²) in [5.41, 5.74) is 0. The first kappa shape index (κ1) is 8.54. The molecule has 9 heavy (non-hydrogen) atoms. The van der Waals surface area contributed by atoms with Gasteiger partial charge in [-0.15, -0.1) is 0 Å². The summed E-state index contributed by atoms with van der Waals surface area (Å²) in [6.07, 6.45) is 3.91. The van der Waals surface area contributed by atoms with Gasteiger partial charge in [0.15, 0.2) is 0 Å². The molecule has 1 nitrogen and oxygen atoms in total. The summed E-state index contributed by atoms with van der Waals surface area (Å²) in [5.74, 6) is 0.711. The van der Waals surface area contributed by atoms with Crippen LogP contribution in [0.1, 0.15) is 26.7 Å². The van der Waals surface area contributed by atoms with E-state index in [2.05, 4.69) is 20.4 Å². The van der Waals surface area contributed by atoms with E-state index in [0.29, 0.717) is 5.92 Å². The van der Waals surface area contributed by atoms with Crippen LogP contribution in [-0.4, -0.2) is 6.61 Å². The summed E-state index contributed by atoms with van der Waals surface area (Å²) in [6.45, 7) is 8.67. The van der Waals surface area contributed by atoms with E-state index < -0.39 is 0 Å². The molecule has 0 amide bonds. The molecule has 0 bridgehead atoms. The Kier molecular flexibility index (Phi) is 5.38. The lowest BCUT2D eigenvalue weighted by Gasteiger charge is -2.09. The highest BCUT2D eigenvalue weighted by Crippen LogP contribution is 2.06. The molecule has 0 spiro atoms. The molecule has 0 fully saturated rings. The van der Waals surface area contributed by atoms with E-state index in [0.717, 1.165) is 6.61 Å². The van der Waals surface area contributed by atoms with E-state index in [-0.39, 0.29) is 0 Å². The molecular weight excluding hydrogens is 112 g/mol. The molecule has 0 heterocycles. The number of ether oxygens (including phenoxy) is 1. The minimum atomic E-state index is 0.711. The number of hydrogen-bond donors (Lipinski definition) is 0. The van der Waals surface area contributed by atoms with Crippen LogP contribution in [0, 0.1) is 5.92 Å². The molecular formula is C8H16O. The molecule has 0 saturated carbocycles. The summed E-state index contributed by atoms with van der Waals surface area (Å²) in [4.78, 5) is 0. The first-order valence-corrected chi connectivity index (χ1v) is 3.57. The predicted octanol–water partition coefficient (Wildman–Crippen LogP) is 2.58. The zero-order valence-electron chi connectivity index (χ0n) is 6.39. The zero-order chi connectivity index (χ0) is 7.11. The Bertz CT molecular complexity index is 65.0. The first-order chi connectivity index (χ1) is 4.35. The summed E-state index contributed by atoms with van der Waals surface area (Å²) >= 11 is 0. The lowest BCUT2D eigenvalue weighted by atomic mass is 10.1. The average Bonchev–Trinajstić information content (AvgIpc) is 1.91. The van der Waals surface area contributed by atoms with Gasteiger partial charge in [0.25, 0.3) is 0 Å². The van der Waals surface area contributed by atoms with Gasteiger partial charge in [-0.05, 0) is 5.92 Å². The van der Waals surface area contributed by atoms with Gasteiger partial charge in [0.2, 0.25) is 0 Å². The summed E-state index contributed by atoms with van der Waals surface area (Å²) in [7, 11) is 0. The van der Waals surface area contributed by atoms with Crippen LogP contribution in [-0.2, 0) is 4.74 Å². The Morgan fingerprint density at radius 3 is 2.33 bits per heavy atom. The monoisotopic (exact) mass is 128 g/mol. The minimum absolute atomic E-state index is 0.711. The van der Waals surface area contributed by atoms with E-state index >= 15 is 0 Å². The van der Waals surface area contributed by atoms with Gasteiger partial charge in [-0.3, -0.25) is 0 Å². The van der Waals surface area contributed by atoms with Gasteiger partial charge in [0, 0.05) is 0 Å². The van der Waals surface area contributed by atoms with Gasteiger partial charge >= 0.3 is 0 Å². The van der Waals surface area contributed by atoms with Crippen molar-refractivity contribution in [2.75, 3.05) is 6.61 Å². The maximum atomic E-state index is 5.04. The Balaban J connectivity index is 3.19. The summed E-state index contributed by atoms with van der Waals surface area (Å²) in [5, 5.41) is 0. The third-order valence-corrected chi connectivity index (χ3v) is 1.60. The van der Waals surface area contributed by atoms with Crippen molar-refractivity contribution in [3.8, 4) is 0 Å². The first-order valence-electron chi connectivity index (χ1n) is 3.57. The van der Waals surface area contributed by atoms with Gasteiger partial charge in [0.05, 0.1) is 12.9 Å². The molecule has 0 aromatic heterocycles. The molecule has 0 aliphatic carbocycles. The molecule has 54 valence electrons. The fraction of sp³-hybridized carbons (Fsp3) is 0.750. The molecule has 0 aliphatic rings. The second-order valence-corrected chi connectivity index (χ2v) is 2.18. The van der Waals surface area contributed by atoms with Gasteiger partial charge in [-0.25, -0.2) is 0 Å². The lowest BCUT2D eigenvalue weighted by molar-refractivity contribution is 0.189. The van der Waals surface area contributed by atoms with Crippen LogP contribution in [0.25, 0.3) is 0 Å². The van der Waals surface area contributed by atoms with Gasteiger partial charge in [0.1, 0.15) is 0 Å². The van der Waals surface area contributed by atoms with Crippen LogP contribution < -0.4 is 0 Å². The van der Waals surface area contributed by atoms with E-state index in [1.54, 1.807) is 0 Å². The van der Waals surface area contributed by atoms with Crippen LogP contribution >= 0.6 is 0 Å². The Morgan fingerprint density at radius 1 is 1.44 bits per heavy atom. The smallest absolute Gasteiger partial charge is 0.0900 e. The highest BCUT2D eigenvalue weighted by atomic mass is 16.5. The standard InChI is InChI=1S/C8H16O/c1-4-8(5-2)7-9-6-3/h6,8H,3-5,7H2,1-2H3. The molecule has 0 N–H and O–H groups in total. The fourth-order valence-electron chi connectivity index (χ4n) is 0.729. The molecule has 0 unspecified atom stereocenters. The fourth-order valence-corrected chi connectivity index (χ4v) is 0.729. The molecule has 0 saturated heterocycles. The molecule has 1 heteroatoms. The largest absolute Gasteiger partial charge is 0.502 e. The van der Waals surface area contributed by atoms with Crippen LogP contribution in [0.15, 0.2) is 12.8 Å². The van der Waals surface area contributed by atoms with Crippen molar-refractivity contribution in [2.24, 2.45) is 5.92 Å². The van der Waals surface area contributed by atoms with Crippen molar-refractivity contribution in [3.05, 3.63) is 12.8 Å². The molecule has 0 rings (SSSR count). The van der Waals surface area contributed by atoms with Crippen molar-refractivity contribution in [1.29, 1.82) is 0 Å². The summed E-state index contributed by atoms with van der Waals surface area (Å²) in [6, 6.07) is 0. The van der Waals surface area contributed by atoms with Crippen LogP contribution in [0.5, 0.6) is 0 Å². The van der Waals surface area contributed by atoms with Crippen LogP contribution in [0.3, 0.4) is 0 Å². The normalized spacial score (nSPS) is 9.67. The third kappa shape index (κ3) is 4.07. The van der Waals surface area contributed by atoms with Crippen molar-refractivity contribution < 1.29 is 4.74 Å². The van der Waals surface area contributed by atoms with E-state index in [4.69, 9.17) is 4.74 Å². The van der Waals surface area contributed by atoms with Crippen LogP contribution in [0.2, 0.25) is 0 Å². The van der Waals surface area contributed by atoms with Crippen molar-refractivity contribution >= 4 is 0 Å². The topological polar surface area (TPSA) is 9.23 Å². The molecule has 0 aromatic carbocycles. The Labute approximate surface area is 57.7 Å². The summed E-state index contributed by atoms with van der Waals surface area (Å²) < 4.78 is 5.04. The maximum Gasteiger partial charge on any atom is 0.0900 e. The Morgan fingerprint density at radius 2 is 2.00 bits per heavy atom. The minimum Gasteiger partial charge on any atom is -0.502 e. The molecule has 0 radical (unpaired) electrons. The van der Waals surface area contributed by atoms with Crippen molar-refractivity contribution in [3.63, 3.8) is 0 Å². The van der Waals surface area contributed by atoms with E-state index in [9.17, 15) is 0 Å². The lowest BCUT2D eigenvalue weighted by Crippen LogP contribution is -2.03.